The number of allylic oxidation sites excluding steroid dienone is 1. The fourth-order valence-electron chi connectivity index (χ4n) is 5.09. The Kier molecular flexibility index (Phi) is 7.63. The van der Waals surface area contributed by atoms with Crippen LogP contribution < -0.4 is 10.1 Å². The number of hydrogen-bond donors (Lipinski definition) is 2. The smallest absolute Gasteiger partial charge is 0.250 e. The summed E-state index contributed by atoms with van der Waals surface area (Å²) in [7, 11) is 3.59. The Bertz CT molecular complexity index is 1040. The summed E-state index contributed by atoms with van der Waals surface area (Å²) in [6.45, 7) is 6.58. The first-order chi connectivity index (χ1) is 16.4. The highest BCUT2D eigenvalue weighted by Crippen LogP contribution is 2.28. The van der Waals surface area contributed by atoms with E-state index < -0.39 is 5.82 Å². The van der Waals surface area contributed by atoms with E-state index in [1.165, 1.54) is 19.4 Å². The summed E-state index contributed by atoms with van der Waals surface area (Å²) in [5, 5.41) is 16.3. The second kappa shape index (κ2) is 10.7. The van der Waals surface area contributed by atoms with Gasteiger partial charge in [0, 0.05) is 54.7 Å². The van der Waals surface area contributed by atoms with Gasteiger partial charge in [0.1, 0.15) is 0 Å². The zero-order chi connectivity index (χ0) is 24.2. The fourth-order valence-corrected chi connectivity index (χ4v) is 5.09. The molecule has 2 aliphatic rings. The maximum Gasteiger partial charge on any atom is 0.250 e. The molecule has 3 atom stereocenters. The van der Waals surface area contributed by atoms with Gasteiger partial charge in [-0.05, 0) is 46.1 Å². The number of ether oxygens (including phenoxy) is 2. The highest BCUT2D eigenvalue weighted by atomic mass is 19.1. The van der Waals surface area contributed by atoms with Gasteiger partial charge in [0.05, 0.1) is 43.6 Å². The Morgan fingerprint density at radius 3 is 2.71 bits per heavy atom. The number of rotatable bonds is 7. The lowest BCUT2D eigenvalue weighted by Crippen LogP contribution is -2.45. The highest BCUT2D eigenvalue weighted by Gasteiger charge is 2.28. The van der Waals surface area contributed by atoms with Crippen molar-refractivity contribution in [2.24, 2.45) is 5.92 Å². The number of hydrogen-bond acceptors (Lipinski definition) is 7. The van der Waals surface area contributed by atoms with Crippen LogP contribution in [0, 0.1) is 17.1 Å². The van der Waals surface area contributed by atoms with E-state index in [9.17, 15) is 4.39 Å². The van der Waals surface area contributed by atoms with Crippen molar-refractivity contribution in [3.8, 4) is 11.6 Å². The Morgan fingerprint density at radius 2 is 2.03 bits per heavy atom. The Morgan fingerprint density at radius 1 is 1.29 bits per heavy atom. The molecule has 0 radical (unpaired) electrons. The summed E-state index contributed by atoms with van der Waals surface area (Å²) in [6.07, 6.45) is 8.42. The van der Waals surface area contributed by atoms with Crippen molar-refractivity contribution in [2.45, 2.75) is 51.6 Å². The molecule has 4 rings (SSSR count). The standard InChI is InChI=1S/C25H35FN6O2/c1-16-9-18(10-17(2)31(16)3)13-28-14-19(12-27)24-21-5-7-34-8-6-23(21)32(30-24)20-11-22(26)25(33-4)29-15-20/h11-12,14-18,27-28H,5-10,13H2,1-4H3/b19-14+,27-12?/t16-,17+,18+. The van der Waals surface area contributed by atoms with Crippen molar-refractivity contribution in [1.29, 1.82) is 5.41 Å². The van der Waals surface area contributed by atoms with E-state index in [1.54, 1.807) is 10.9 Å². The van der Waals surface area contributed by atoms with Crippen LogP contribution in [0.3, 0.4) is 0 Å². The molecule has 0 spiro atoms. The van der Waals surface area contributed by atoms with Crippen molar-refractivity contribution in [2.75, 3.05) is 33.9 Å². The number of methoxy groups -OCH3 is 1. The lowest BCUT2D eigenvalue weighted by molar-refractivity contribution is 0.0988. The monoisotopic (exact) mass is 470 g/mol. The molecule has 0 bridgehead atoms. The number of piperidine rings is 1. The van der Waals surface area contributed by atoms with Gasteiger partial charge in [-0.15, -0.1) is 0 Å². The molecule has 2 aliphatic heterocycles. The Hall–Kier alpha value is -2.78. The molecule has 4 heterocycles. The minimum absolute atomic E-state index is 0.0487. The molecule has 2 aromatic rings. The molecule has 1 fully saturated rings. The van der Waals surface area contributed by atoms with E-state index in [4.69, 9.17) is 20.0 Å². The van der Waals surface area contributed by atoms with E-state index in [0.29, 0.717) is 55.3 Å². The molecule has 2 N–H and O–H groups in total. The summed E-state index contributed by atoms with van der Waals surface area (Å²) in [6, 6.07) is 2.50. The molecule has 0 saturated carbocycles. The van der Waals surface area contributed by atoms with Crippen LogP contribution in [-0.2, 0) is 17.6 Å². The van der Waals surface area contributed by atoms with Crippen molar-refractivity contribution in [3.63, 3.8) is 0 Å². The highest BCUT2D eigenvalue weighted by molar-refractivity contribution is 6.08. The first kappa shape index (κ1) is 24.3. The Labute approximate surface area is 200 Å². The summed E-state index contributed by atoms with van der Waals surface area (Å²) in [4.78, 5) is 6.51. The minimum atomic E-state index is -0.540. The predicted octanol–water partition coefficient (Wildman–Crippen LogP) is 3.23. The average molecular weight is 471 g/mol. The number of aromatic nitrogens is 3. The third-order valence-corrected chi connectivity index (χ3v) is 7.13. The maximum atomic E-state index is 14.4. The van der Waals surface area contributed by atoms with Crippen LogP contribution in [-0.4, -0.2) is 71.9 Å². The molecular weight excluding hydrogens is 435 g/mol. The molecule has 8 nitrogen and oxygen atoms in total. The van der Waals surface area contributed by atoms with Crippen molar-refractivity contribution in [1.82, 2.24) is 25.0 Å². The van der Waals surface area contributed by atoms with E-state index >= 15 is 0 Å². The second-order valence-corrected chi connectivity index (χ2v) is 9.34. The third-order valence-electron chi connectivity index (χ3n) is 7.13. The first-order valence-corrected chi connectivity index (χ1v) is 12.0. The normalized spacial score (nSPS) is 23.8. The number of fused-ring (bicyclic) bond motifs is 1. The Balaban J connectivity index is 1.60. The van der Waals surface area contributed by atoms with Crippen molar-refractivity contribution in [3.05, 3.63) is 41.2 Å². The number of nitrogens with one attached hydrogen (secondary N) is 2. The van der Waals surface area contributed by atoms with Crippen molar-refractivity contribution < 1.29 is 13.9 Å². The van der Waals surface area contributed by atoms with Gasteiger partial charge in [0.15, 0.2) is 5.82 Å². The van der Waals surface area contributed by atoms with Gasteiger partial charge in [0.25, 0.3) is 0 Å². The zero-order valence-electron chi connectivity index (χ0n) is 20.5. The predicted molar refractivity (Wildman–Crippen MR) is 130 cm³/mol. The molecule has 34 heavy (non-hydrogen) atoms. The summed E-state index contributed by atoms with van der Waals surface area (Å²) in [5.41, 5.74) is 3.95. The maximum absolute atomic E-state index is 14.4. The number of pyridine rings is 1. The molecule has 184 valence electrons. The quantitative estimate of drug-likeness (QED) is 0.604. The lowest BCUT2D eigenvalue weighted by atomic mass is 9.87. The van der Waals surface area contributed by atoms with Crippen LogP contribution in [0.15, 0.2) is 18.5 Å². The van der Waals surface area contributed by atoms with Gasteiger partial charge in [0.2, 0.25) is 5.88 Å². The van der Waals surface area contributed by atoms with Crippen LogP contribution in [0.5, 0.6) is 5.88 Å². The van der Waals surface area contributed by atoms with Gasteiger partial charge in [-0.3, -0.25) is 0 Å². The topological polar surface area (TPSA) is 88.3 Å². The molecule has 0 amide bonds. The van der Waals surface area contributed by atoms with Crippen LogP contribution in [0.25, 0.3) is 11.3 Å². The number of likely N-dealkylation sites (tertiary alicyclic amines) is 1. The minimum Gasteiger partial charge on any atom is -0.479 e. The van der Waals surface area contributed by atoms with Gasteiger partial charge >= 0.3 is 0 Å². The largest absolute Gasteiger partial charge is 0.479 e. The molecule has 0 unspecified atom stereocenters. The van der Waals surface area contributed by atoms with Gasteiger partial charge in [-0.25, -0.2) is 14.1 Å². The van der Waals surface area contributed by atoms with E-state index in [0.717, 1.165) is 36.3 Å². The number of nitrogens with zero attached hydrogens (tertiary/aromatic N) is 4. The van der Waals surface area contributed by atoms with Gasteiger partial charge in [-0.1, -0.05) is 0 Å². The van der Waals surface area contributed by atoms with Crippen LogP contribution >= 0.6 is 0 Å². The molecule has 9 heteroatoms. The van der Waals surface area contributed by atoms with Gasteiger partial charge < -0.3 is 25.1 Å². The number of halogens is 1. The van der Waals surface area contributed by atoms with Crippen molar-refractivity contribution >= 4 is 11.8 Å². The SMILES string of the molecule is COc1ncc(-n2nc(/C(C=N)=C/NC[C@H]3C[C@@H](C)N(C)[C@@H](C)C3)c3c2CCOCC3)cc1F. The molecule has 1 saturated heterocycles. The fraction of sp³-hybridized carbons (Fsp3) is 0.560. The second-order valence-electron chi connectivity index (χ2n) is 9.34. The average Bonchev–Trinajstić information content (AvgIpc) is 3.00. The van der Waals surface area contributed by atoms with E-state index in [2.05, 4.69) is 36.1 Å². The molecular formula is C25H35FN6O2. The van der Waals surface area contributed by atoms with Crippen LogP contribution in [0.1, 0.15) is 43.6 Å². The zero-order valence-corrected chi connectivity index (χ0v) is 20.5. The van der Waals surface area contributed by atoms with E-state index in [1.807, 2.05) is 6.20 Å². The molecule has 0 aromatic carbocycles. The summed E-state index contributed by atoms with van der Waals surface area (Å²) in [5.74, 6) is -0.00466. The molecule has 2 aromatic heterocycles. The summed E-state index contributed by atoms with van der Waals surface area (Å²) < 4.78 is 26.8. The van der Waals surface area contributed by atoms with E-state index in [-0.39, 0.29) is 5.88 Å². The van der Waals surface area contributed by atoms with Crippen LogP contribution in [0.2, 0.25) is 0 Å². The third kappa shape index (κ3) is 5.00. The lowest BCUT2D eigenvalue weighted by Gasteiger charge is -2.40. The van der Waals surface area contributed by atoms with Crippen LogP contribution in [0.4, 0.5) is 4.39 Å². The molecule has 0 aliphatic carbocycles. The first-order valence-electron chi connectivity index (χ1n) is 12.0. The summed E-state index contributed by atoms with van der Waals surface area (Å²) >= 11 is 0. The van der Waals surface area contributed by atoms with Gasteiger partial charge in [-0.2, -0.15) is 5.10 Å².